The molecule has 1 aromatic carbocycles. The molecule has 1 N–H and O–H groups in total. The third-order valence-corrected chi connectivity index (χ3v) is 8.30. The lowest BCUT2D eigenvalue weighted by molar-refractivity contribution is -0.121. The molecule has 1 saturated heterocycles. The summed E-state index contributed by atoms with van der Waals surface area (Å²) in [5.74, 6) is -0.413. The van der Waals surface area contributed by atoms with E-state index >= 15 is 0 Å². The largest absolute Gasteiger partial charge is 0.351 e. The summed E-state index contributed by atoms with van der Waals surface area (Å²) in [7, 11) is 1.90. The molecule has 1 aliphatic carbocycles. The monoisotopic (exact) mass is 484 g/mol. The molecule has 0 bridgehead atoms. The van der Waals surface area contributed by atoms with Crippen LogP contribution in [-0.2, 0) is 9.59 Å². The number of amides is 3. The molecule has 0 radical (unpaired) electrons. The molecule has 184 valence electrons. The number of hydrogen-bond acceptors (Lipinski definition) is 5. The smallest absolute Gasteiger partial charge is 0.262 e. The van der Waals surface area contributed by atoms with Gasteiger partial charge in [-0.15, -0.1) is 0 Å². The summed E-state index contributed by atoms with van der Waals surface area (Å²) in [6.45, 7) is 1.86. The van der Waals surface area contributed by atoms with Crippen LogP contribution in [0.2, 0.25) is 0 Å². The van der Waals surface area contributed by atoms with Gasteiger partial charge in [0.1, 0.15) is 5.25 Å². The van der Waals surface area contributed by atoms with Gasteiger partial charge in [0.2, 0.25) is 5.91 Å². The first-order chi connectivity index (χ1) is 16.5. The number of rotatable bonds is 5. The van der Waals surface area contributed by atoms with Crippen molar-refractivity contribution in [2.24, 2.45) is 4.99 Å². The molecule has 3 amide bonds. The molecule has 7 nitrogen and oxygen atoms in total. The number of benzene rings is 1. The second kappa shape index (κ2) is 11.9. The quantitative estimate of drug-likeness (QED) is 0.656. The molecule has 2 heterocycles. The number of nitrogens with zero attached hydrogens (tertiary/aromatic N) is 3. The van der Waals surface area contributed by atoms with Crippen LogP contribution in [0.3, 0.4) is 0 Å². The van der Waals surface area contributed by atoms with Gasteiger partial charge in [-0.2, -0.15) is 4.99 Å². The number of thioether (sulfide) groups is 1. The highest BCUT2D eigenvalue weighted by atomic mass is 32.2. The minimum atomic E-state index is -0.463. The molecule has 3 aliphatic rings. The average molecular weight is 485 g/mol. The van der Waals surface area contributed by atoms with Crippen molar-refractivity contribution >= 4 is 40.3 Å². The highest BCUT2D eigenvalue weighted by molar-refractivity contribution is 8.15. The summed E-state index contributed by atoms with van der Waals surface area (Å²) < 4.78 is 0. The van der Waals surface area contributed by atoms with Gasteiger partial charge in [-0.05, 0) is 56.4 Å². The molecule has 1 unspecified atom stereocenters. The van der Waals surface area contributed by atoms with E-state index in [0.29, 0.717) is 17.3 Å². The van der Waals surface area contributed by atoms with Gasteiger partial charge in [0.05, 0.1) is 0 Å². The number of aliphatic imine (C=N–C) groups is 1. The van der Waals surface area contributed by atoms with Gasteiger partial charge >= 0.3 is 0 Å². The molecule has 0 spiro atoms. The normalized spacial score (nSPS) is 22.0. The zero-order valence-electron chi connectivity index (χ0n) is 20.1. The van der Waals surface area contributed by atoms with Crippen molar-refractivity contribution in [2.45, 2.75) is 81.9 Å². The Hall–Kier alpha value is -2.35. The first-order valence-corrected chi connectivity index (χ1v) is 13.6. The summed E-state index contributed by atoms with van der Waals surface area (Å²) in [5.41, 5.74) is 1.26. The summed E-state index contributed by atoms with van der Waals surface area (Å²) in [4.78, 5) is 46.1. The fourth-order valence-corrected chi connectivity index (χ4v) is 6.11. The minimum Gasteiger partial charge on any atom is -0.351 e. The first kappa shape index (κ1) is 24.8. The molecule has 34 heavy (non-hydrogen) atoms. The lowest BCUT2D eigenvalue weighted by Crippen LogP contribution is -2.37. The van der Waals surface area contributed by atoms with Gasteiger partial charge in [0, 0.05) is 43.9 Å². The molecular formula is C26H36N4O3S. The Balaban J connectivity index is 1.27. The summed E-state index contributed by atoms with van der Waals surface area (Å²) in [5, 5.41) is 3.16. The predicted molar refractivity (Wildman–Crippen MR) is 137 cm³/mol. The van der Waals surface area contributed by atoms with Crippen molar-refractivity contribution in [2.75, 3.05) is 25.5 Å². The number of amidine groups is 1. The first-order valence-electron chi connectivity index (χ1n) is 12.7. The number of carbonyl (C=O) groups excluding carboxylic acids is 3. The Morgan fingerprint density at radius 2 is 1.62 bits per heavy atom. The van der Waals surface area contributed by atoms with Crippen molar-refractivity contribution in [3.63, 3.8) is 0 Å². The van der Waals surface area contributed by atoms with E-state index in [1.54, 1.807) is 24.3 Å². The molecule has 2 aliphatic heterocycles. The highest BCUT2D eigenvalue weighted by Gasteiger charge is 2.33. The van der Waals surface area contributed by atoms with E-state index in [4.69, 9.17) is 0 Å². The number of piperidine rings is 1. The Kier molecular flexibility index (Phi) is 8.64. The Labute approximate surface area is 206 Å². The SMILES string of the molecule is CN(C(=O)c1ccc(NC(=O)CC2SC(N3CCCCC3)=NC2=O)cc1)C1CCCCCCC1. The van der Waals surface area contributed by atoms with Crippen molar-refractivity contribution in [1.29, 1.82) is 0 Å². The van der Waals surface area contributed by atoms with Crippen molar-refractivity contribution in [3.05, 3.63) is 29.8 Å². The van der Waals surface area contributed by atoms with Crippen LogP contribution >= 0.6 is 11.8 Å². The summed E-state index contributed by atoms with van der Waals surface area (Å²) in [6, 6.07) is 7.35. The van der Waals surface area contributed by atoms with E-state index in [0.717, 1.165) is 43.9 Å². The molecule has 1 atom stereocenters. The van der Waals surface area contributed by atoms with Gasteiger partial charge in [0.25, 0.3) is 11.8 Å². The topological polar surface area (TPSA) is 82.1 Å². The van der Waals surface area contributed by atoms with Crippen LogP contribution in [0.25, 0.3) is 0 Å². The van der Waals surface area contributed by atoms with Crippen LogP contribution in [0, 0.1) is 0 Å². The lowest BCUT2D eigenvalue weighted by Gasteiger charge is -2.30. The molecule has 0 aromatic heterocycles. The minimum absolute atomic E-state index is 0.0267. The zero-order chi connectivity index (χ0) is 23.9. The Morgan fingerprint density at radius 1 is 1.00 bits per heavy atom. The van der Waals surface area contributed by atoms with Crippen LogP contribution in [0.4, 0.5) is 5.69 Å². The standard InChI is InChI=1S/C26H36N4O3S/c1-29(21-10-6-3-2-4-7-11-21)25(33)19-12-14-20(15-13-19)27-23(31)18-22-24(32)28-26(34-22)30-16-8-5-9-17-30/h12-15,21-22H,2-11,16-18H2,1H3,(H,27,31). The van der Waals surface area contributed by atoms with E-state index in [1.807, 2.05) is 11.9 Å². The number of anilines is 1. The van der Waals surface area contributed by atoms with Gasteiger partial charge in [0.15, 0.2) is 5.17 Å². The molecule has 4 rings (SSSR count). The van der Waals surface area contributed by atoms with Gasteiger partial charge < -0.3 is 15.1 Å². The predicted octanol–water partition coefficient (Wildman–Crippen LogP) is 4.68. The maximum atomic E-state index is 13.0. The molecule has 2 fully saturated rings. The number of carbonyl (C=O) groups is 3. The number of nitrogens with one attached hydrogen (secondary N) is 1. The Bertz CT molecular complexity index is 903. The van der Waals surface area contributed by atoms with Crippen LogP contribution in [0.15, 0.2) is 29.3 Å². The maximum Gasteiger partial charge on any atom is 0.262 e. The number of likely N-dealkylation sites (tertiary alicyclic amines) is 1. The van der Waals surface area contributed by atoms with Crippen LogP contribution in [0.5, 0.6) is 0 Å². The maximum absolute atomic E-state index is 13.0. The molecule has 1 aromatic rings. The average Bonchev–Trinajstić information content (AvgIpc) is 3.19. The fraction of sp³-hybridized carbons (Fsp3) is 0.615. The van der Waals surface area contributed by atoms with E-state index in [9.17, 15) is 14.4 Å². The van der Waals surface area contributed by atoms with Gasteiger partial charge in [-0.3, -0.25) is 14.4 Å². The van der Waals surface area contributed by atoms with Gasteiger partial charge in [-0.25, -0.2) is 0 Å². The molecular weight excluding hydrogens is 448 g/mol. The van der Waals surface area contributed by atoms with Crippen LogP contribution in [0.1, 0.15) is 81.0 Å². The number of hydrogen-bond donors (Lipinski definition) is 1. The van der Waals surface area contributed by atoms with Crippen LogP contribution < -0.4 is 5.32 Å². The van der Waals surface area contributed by atoms with Crippen LogP contribution in [-0.4, -0.2) is 64.1 Å². The zero-order valence-corrected chi connectivity index (χ0v) is 20.9. The van der Waals surface area contributed by atoms with E-state index < -0.39 is 5.25 Å². The second-order valence-corrected chi connectivity index (χ2v) is 10.8. The molecule has 1 saturated carbocycles. The van der Waals surface area contributed by atoms with E-state index in [-0.39, 0.29) is 24.1 Å². The van der Waals surface area contributed by atoms with E-state index in [2.05, 4.69) is 15.2 Å². The summed E-state index contributed by atoms with van der Waals surface area (Å²) in [6.07, 6.45) is 11.9. The van der Waals surface area contributed by atoms with E-state index in [1.165, 1.54) is 50.3 Å². The third-order valence-electron chi connectivity index (χ3n) is 7.08. The second-order valence-electron chi connectivity index (χ2n) is 9.63. The van der Waals surface area contributed by atoms with Gasteiger partial charge in [-0.1, -0.05) is 43.9 Å². The third kappa shape index (κ3) is 6.40. The van der Waals surface area contributed by atoms with Crippen molar-refractivity contribution < 1.29 is 14.4 Å². The Morgan fingerprint density at radius 3 is 2.29 bits per heavy atom. The summed E-state index contributed by atoms with van der Waals surface area (Å²) >= 11 is 1.41. The lowest BCUT2D eigenvalue weighted by atomic mass is 9.95. The van der Waals surface area contributed by atoms with Crippen molar-refractivity contribution in [3.8, 4) is 0 Å². The fourth-order valence-electron chi connectivity index (χ4n) is 5.00. The van der Waals surface area contributed by atoms with Crippen molar-refractivity contribution in [1.82, 2.24) is 9.80 Å². The highest BCUT2D eigenvalue weighted by Crippen LogP contribution is 2.29. The molecule has 8 heteroatoms.